The molecular formula is C16H19NO4. The molecule has 1 aromatic rings. The van der Waals surface area contributed by atoms with Crippen molar-refractivity contribution in [2.45, 2.75) is 19.4 Å². The maximum atomic E-state index is 11.8. The van der Waals surface area contributed by atoms with Gasteiger partial charge in [-0.1, -0.05) is 25.1 Å². The molecule has 1 aromatic carbocycles. The van der Waals surface area contributed by atoms with Gasteiger partial charge in [-0.25, -0.2) is 4.79 Å². The van der Waals surface area contributed by atoms with Crippen LogP contribution in [0.1, 0.15) is 18.9 Å². The number of hydrogen-bond acceptors (Lipinski definition) is 4. The largest absolute Gasteiger partial charge is 0.441 e. The zero-order valence-electron chi connectivity index (χ0n) is 12.2. The van der Waals surface area contributed by atoms with Crippen molar-refractivity contribution >= 4 is 23.6 Å². The second-order valence-corrected chi connectivity index (χ2v) is 4.82. The van der Waals surface area contributed by atoms with Crippen LogP contribution < -0.4 is 4.90 Å². The van der Waals surface area contributed by atoms with Gasteiger partial charge in [0.05, 0.1) is 13.2 Å². The highest BCUT2D eigenvalue weighted by Crippen LogP contribution is 2.22. The lowest BCUT2D eigenvalue weighted by molar-refractivity contribution is -0.114. The van der Waals surface area contributed by atoms with Gasteiger partial charge >= 0.3 is 6.09 Å². The zero-order chi connectivity index (χ0) is 15.2. The number of methoxy groups -OCH3 is 1. The van der Waals surface area contributed by atoms with Gasteiger partial charge in [0, 0.05) is 19.2 Å². The van der Waals surface area contributed by atoms with E-state index in [1.807, 2.05) is 31.2 Å². The van der Waals surface area contributed by atoms with E-state index in [1.165, 1.54) is 0 Å². The minimum Gasteiger partial charge on any atom is -0.441 e. The summed E-state index contributed by atoms with van der Waals surface area (Å²) in [5, 5.41) is 0. The first-order valence-electron chi connectivity index (χ1n) is 6.92. The fourth-order valence-electron chi connectivity index (χ4n) is 2.08. The molecule has 0 N–H and O–H groups in total. The molecular weight excluding hydrogens is 270 g/mol. The Hall–Kier alpha value is -2.14. The number of allylic oxidation sites excluding steroid dienone is 1. The molecule has 0 bridgehead atoms. The number of carbonyl (C=O) groups excluding carboxylic acids is 2. The van der Waals surface area contributed by atoms with E-state index >= 15 is 0 Å². The minimum atomic E-state index is -0.360. The Bertz CT molecular complexity index is 536. The van der Waals surface area contributed by atoms with Crippen LogP contribution in [0.15, 0.2) is 30.3 Å². The average molecular weight is 289 g/mol. The highest BCUT2D eigenvalue weighted by molar-refractivity contribution is 5.93. The van der Waals surface area contributed by atoms with Crippen LogP contribution in [0.2, 0.25) is 0 Å². The lowest BCUT2D eigenvalue weighted by atomic mass is 10.1. The van der Waals surface area contributed by atoms with Gasteiger partial charge in [0.15, 0.2) is 5.78 Å². The number of nitrogens with zero attached hydrogens (tertiary/aromatic N) is 1. The molecule has 0 unspecified atom stereocenters. The zero-order valence-corrected chi connectivity index (χ0v) is 12.2. The van der Waals surface area contributed by atoms with Crippen molar-refractivity contribution in [1.82, 2.24) is 0 Å². The summed E-state index contributed by atoms with van der Waals surface area (Å²) in [5.74, 6) is 0.0876. The molecule has 112 valence electrons. The Kier molecular flexibility index (Phi) is 5.11. The first-order chi connectivity index (χ1) is 10.1. The lowest BCUT2D eigenvalue weighted by Gasteiger charge is -2.12. The lowest BCUT2D eigenvalue weighted by Crippen LogP contribution is -2.25. The van der Waals surface area contributed by atoms with Crippen molar-refractivity contribution in [2.24, 2.45) is 0 Å². The third-order valence-electron chi connectivity index (χ3n) is 3.24. The molecule has 1 heterocycles. The Morgan fingerprint density at radius 3 is 2.76 bits per heavy atom. The van der Waals surface area contributed by atoms with Crippen molar-refractivity contribution in [1.29, 1.82) is 0 Å². The molecule has 5 heteroatoms. The maximum Gasteiger partial charge on any atom is 0.414 e. The van der Waals surface area contributed by atoms with Gasteiger partial charge in [-0.3, -0.25) is 9.69 Å². The van der Waals surface area contributed by atoms with E-state index in [9.17, 15) is 9.59 Å². The molecule has 2 rings (SSSR count). The monoisotopic (exact) mass is 289 g/mol. The number of amides is 1. The van der Waals surface area contributed by atoms with E-state index in [4.69, 9.17) is 9.47 Å². The summed E-state index contributed by atoms with van der Waals surface area (Å²) in [7, 11) is 1.58. The predicted molar refractivity (Wildman–Crippen MR) is 80.3 cm³/mol. The summed E-state index contributed by atoms with van der Waals surface area (Å²) in [6.07, 6.45) is 3.24. The van der Waals surface area contributed by atoms with Crippen LogP contribution in [-0.2, 0) is 14.3 Å². The molecule has 0 saturated carbocycles. The molecule has 1 fully saturated rings. The molecule has 0 radical (unpaired) electrons. The standard InChI is InChI=1S/C16H19NO4/c1-3-14(18)9-6-12-4-7-13(8-5-12)17-10-15(11-20-2)21-16(17)19/h4-9,15H,3,10-11H2,1-2H3/t15-/m1/s1. The van der Waals surface area contributed by atoms with Crippen molar-refractivity contribution in [2.75, 3.05) is 25.2 Å². The molecule has 1 saturated heterocycles. The van der Waals surface area contributed by atoms with Crippen LogP contribution in [0.3, 0.4) is 0 Å². The normalized spacial score (nSPS) is 18.3. The molecule has 1 atom stereocenters. The molecule has 21 heavy (non-hydrogen) atoms. The number of rotatable bonds is 6. The van der Waals surface area contributed by atoms with Crippen molar-refractivity contribution in [3.63, 3.8) is 0 Å². The Morgan fingerprint density at radius 2 is 2.14 bits per heavy atom. The number of cyclic esters (lactones) is 1. The SMILES string of the molecule is CCC(=O)C=Cc1ccc(N2C[C@H](COC)OC2=O)cc1. The van der Waals surface area contributed by atoms with Crippen molar-refractivity contribution in [3.8, 4) is 0 Å². The van der Waals surface area contributed by atoms with E-state index < -0.39 is 0 Å². The number of anilines is 1. The van der Waals surface area contributed by atoms with E-state index in [0.29, 0.717) is 19.6 Å². The van der Waals surface area contributed by atoms with Gasteiger partial charge < -0.3 is 9.47 Å². The summed E-state index contributed by atoms with van der Waals surface area (Å²) in [6.45, 7) is 2.70. The Balaban J connectivity index is 2.04. The van der Waals surface area contributed by atoms with Crippen LogP contribution in [-0.4, -0.2) is 38.2 Å². The third kappa shape index (κ3) is 3.92. The number of ketones is 1. The van der Waals surface area contributed by atoms with Crippen LogP contribution in [0.25, 0.3) is 6.08 Å². The highest BCUT2D eigenvalue weighted by Gasteiger charge is 2.32. The number of hydrogen-bond donors (Lipinski definition) is 0. The van der Waals surface area contributed by atoms with Crippen LogP contribution in [0.5, 0.6) is 0 Å². The number of benzene rings is 1. The number of ether oxygens (including phenoxy) is 2. The maximum absolute atomic E-state index is 11.8. The highest BCUT2D eigenvalue weighted by atomic mass is 16.6. The third-order valence-corrected chi connectivity index (χ3v) is 3.24. The van der Waals surface area contributed by atoms with Gasteiger partial charge in [-0.15, -0.1) is 0 Å². The second-order valence-electron chi connectivity index (χ2n) is 4.82. The van der Waals surface area contributed by atoms with E-state index in [-0.39, 0.29) is 18.0 Å². The van der Waals surface area contributed by atoms with Gasteiger partial charge in [0.2, 0.25) is 0 Å². The van der Waals surface area contributed by atoms with Crippen LogP contribution >= 0.6 is 0 Å². The van der Waals surface area contributed by atoms with Crippen molar-refractivity contribution in [3.05, 3.63) is 35.9 Å². The molecule has 0 aliphatic carbocycles. The number of carbonyl (C=O) groups is 2. The smallest absolute Gasteiger partial charge is 0.414 e. The Morgan fingerprint density at radius 1 is 1.43 bits per heavy atom. The first-order valence-corrected chi connectivity index (χ1v) is 6.92. The summed E-state index contributed by atoms with van der Waals surface area (Å²) < 4.78 is 10.2. The van der Waals surface area contributed by atoms with Gasteiger partial charge in [-0.05, 0) is 23.8 Å². The molecule has 0 aromatic heterocycles. The quantitative estimate of drug-likeness (QED) is 0.755. The molecule has 1 amide bonds. The Labute approximate surface area is 124 Å². The van der Waals surface area contributed by atoms with Gasteiger partial charge in [-0.2, -0.15) is 0 Å². The van der Waals surface area contributed by atoms with Crippen molar-refractivity contribution < 1.29 is 19.1 Å². The fourth-order valence-corrected chi connectivity index (χ4v) is 2.08. The summed E-state index contributed by atoms with van der Waals surface area (Å²) >= 11 is 0. The van der Waals surface area contributed by atoms with E-state index in [2.05, 4.69) is 0 Å². The summed E-state index contributed by atoms with van der Waals surface area (Å²) in [5.41, 5.74) is 1.69. The molecule has 1 aliphatic rings. The fraction of sp³-hybridized carbons (Fsp3) is 0.375. The van der Waals surface area contributed by atoms with Gasteiger partial charge in [0.25, 0.3) is 0 Å². The average Bonchev–Trinajstić information content (AvgIpc) is 2.86. The van der Waals surface area contributed by atoms with Gasteiger partial charge in [0.1, 0.15) is 6.10 Å². The first kappa shape index (κ1) is 15.3. The van der Waals surface area contributed by atoms with Crippen LogP contribution in [0, 0.1) is 0 Å². The molecule has 1 aliphatic heterocycles. The summed E-state index contributed by atoms with van der Waals surface area (Å²) in [6, 6.07) is 7.41. The molecule has 5 nitrogen and oxygen atoms in total. The van der Waals surface area contributed by atoms with Crippen LogP contribution in [0.4, 0.5) is 10.5 Å². The minimum absolute atomic E-state index is 0.0876. The van der Waals surface area contributed by atoms with E-state index in [1.54, 1.807) is 24.2 Å². The van der Waals surface area contributed by atoms with E-state index in [0.717, 1.165) is 11.3 Å². The topological polar surface area (TPSA) is 55.8 Å². The second kappa shape index (κ2) is 7.04. The predicted octanol–water partition coefficient (Wildman–Crippen LogP) is 2.65. The summed E-state index contributed by atoms with van der Waals surface area (Å²) in [4.78, 5) is 24.6. The molecule has 0 spiro atoms.